The Hall–Kier alpha value is -2.99. The van der Waals surface area contributed by atoms with Crippen LogP contribution in [0.3, 0.4) is 0 Å². The number of rotatable bonds is 6. The van der Waals surface area contributed by atoms with E-state index in [2.05, 4.69) is 48.3 Å². The lowest BCUT2D eigenvalue weighted by atomic mass is 10.2. The Labute approximate surface area is 172 Å². The quantitative estimate of drug-likeness (QED) is 0.446. The van der Waals surface area contributed by atoms with Crippen molar-refractivity contribution in [2.45, 2.75) is 20.1 Å². The van der Waals surface area contributed by atoms with Crippen LogP contribution in [0.5, 0.6) is 5.88 Å². The smallest absolute Gasteiger partial charge is 0.214 e. The highest BCUT2D eigenvalue weighted by molar-refractivity contribution is 9.10. The van der Waals surface area contributed by atoms with Crippen molar-refractivity contribution in [2.75, 3.05) is 5.32 Å². The van der Waals surface area contributed by atoms with Gasteiger partial charge in [-0.3, -0.25) is 0 Å². The summed E-state index contributed by atoms with van der Waals surface area (Å²) in [5.74, 6) is 1.95. The van der Waals surface area contributed by atoms with Gasteiger partial charge in [0.2, 0.25) is 5.88 Å². The van der Waals surface area contributed by atoms with Crippen LogP contribution in [0, 0.1) is 6.92 Å². The molecule has 0 saturated carbocycles. The predicted molar refractivity (Wildman–Crippen MR) is 114 cm³/mol. The molecule has 4 aromatic rings. The number of pyridine rings is 1. The van der Waals surface area contributed by atoms with Crippen LogP contribution in [-0.4, -0.2) is 15.0 Å². The van der Waals surface area contributed by atoms with E-state index in [1.165, 1.54) is 0 Å². The van der Waals surface area contributed by atoms with Crippen LogP contribution in [-0.2, 0) is 13.2 Å². The molecule has 0 aliphatic rings. The molecular weight excluding hydrogens is 416 g/mol. The van der Waals surface area contributed by atoms with Crippen molar-refractivity contribution in [1.29, 1.82) is 0 Å². The number of nitrogens with one attached hydrogen (secondary N) is 1. The number of ether oxygens (including phenoxy) is 1. The first-order valence-electron chi connectivity index (χ1n) is 8.98. The molecule has 2 aromatic heterocycles. The van der Waals surface area contributed by atoms with E-state index in [0.717, 1.165) is 21.1 Å². The molecule has 0 aliphatic carbocycles. The summed E-state index contributed by atoms with van der Waals surface area (Å²) in [5.41, 5.74) is 3.73. The largest absolute Gasteiger partial charge is 0.473 e. The molecule has 28 heavy (non-hydrogen) atoms. The highest BCUT2D eigenvalue weighted by Crippen LogP contribution is 2.23. The lowest BCUT2D eigenvalue weighted by molar-refractivity contribution is 0.295. The van der Waals surface area contributed by atoms with Gasteiger partial charge in [0.05, 0.1) is 5.52 Å². The first-order valence-corrected chi connectivity index (χ1v) is 9.77. The zero-order valence-corrected chi connectivity index (χ0v) is 17.0. The van der Waals surface area contributed by atoms with Gasteiger partial charge in [-0.05, 0) is 36.2 Å². The van der Waals surface area contributed by atoms with Crippen LogP contribution in [0.2, 0.25) is 0 Å². The standard InChI is InChI=1S/C22H19BrN4O/c1-15-25-19-10-11-20(28-14-16-6-3-2-4-7-16)27-21(19)22(26-15)24-13-17-8-5-9-18(23)12-17/h2-12H,13-14H2,1H3,(H,24,25,26). The summed E-state index contributed by atoms with van der Waals surface area (Å²) in [5, 5.41) is 3.38. The van der Waals surface area contributed by atoms with E-state index < -0.39 is 0 Å². The number of aromatic nitrogens is 3. The average Bonchev–Trinajstić information content (AvgIpc) is 2.71. The van der Waals surface area contributed by atoms with Crippen LogP contribution in [0.25, 0.3) is 11.0 Å². The van der Waals surface area contributed by atoms with Crippen molar-refractivity contribution >= 4 is 32.8 Å². The molecule has 0 unspecified atom stereocenters. The third-order valence-electron chi connectivity index (χ3n) is 4.21. The summed E-state index contributed by atoms with van der Waals surface area (Å²) >= 11 is 3.50. The Morgan fingerprint density at radius 2 is 1.71 bits per heavy atom. The Balaban J connectivity index is 1.58. The number of hydrogen-bond acceptors (Lipinski definition) is 5. The van der Waals surface area contributed by atoms with Crippen molar-refractivity contribution in [3.05, 3.63) is 88.2 Å². The second kappa shape index (κ2) is 8.35. The number of nitrogens with zero attached hydrogens (tertiary/aromatic N) is 3. The number of benzene rings is 2. The molecule has 0 spiro atoms. The molecule has 0 atom stereocenters. The molecule has 0 aliphatic heterocycles. The number of halogens is 1. The van der Waals surface area contributed by atoms with Gasteiger partial charge >= 0.3 is 0 Å². The average molecular weight is 435 g/mol. The fourth-order valence-corrected chi connectivity index (χ4v) is 3.33. The summed E-state index contributed by atoms with van der Waals surface area (Å²) in [6.07, 6.45) is 0. The van der Waals surface area contributed by atoms with Crippen molar-refractivity contribution in [3.63, 3.8) is 0 Å². The molecule has 0 fully saturated rings. The molecule has 0 radical (unpaired) electrons. The van der Waals surface area contributed by atoms with E-state index in [4.69, 9.17) is 4.74 Å². The fraction of sp³-hybridized carbons (Fsp3) is 0.136. The van der Waals surface area contributed by atoms with E-state index in [1.807, 2.05) is 61.5 Å². The van der Waals surface area contributed by atoms with Gasteiger partial charge < -0.3 is 10.1 Å². The van der Waals surface area contributed by atoms with Gasteiger partial charge in [-0.15, -0.1) is 0 Å². The molecule has 0 amide bonds. The Bertz CT molecular complexity index is 1100. The highest BCUT2D eigenvalue weighted by Gasteiger charge is 2.09. The third-order valence-corrected chi connectivity index (χ3v) is 4.70. The molecule has 2 aromatic carbocycles. The van der Waals surface area contributed by atoms with Crippen molar-refractivity contribution in [3.8, 4) is 5.88 Å². The minimum absolute atomic E-state index is 0.465. The van der Waals surface area contributed by atoms with Gasteiger partial charge in [-0.2, -0.15) is 0 Å². The monoisotopic (exact) mass is 434 g/mol. The minimum atomic E-state index is 0.465. The van der Waals surface area contributed by atoms with Crippen LogP contribution < -0.4 is 10.1 Å². The van der Waals surface area contributed by atoms with Crippen molar-refractivity contribution in [2.24, 2.45) is 0 Å². The topological polar surface area (TPSA) is 59.9 Å². The van der Waals surface area contributed by atoms with Gasteiger partial charge in [0.25, 0.3) is 0 Å². The van der Waals surface area contributed by atoms with Crippen LogP contribution in [0.1, 0.15) is 17.0 Å². The van der Waals surface area contributed by atoms with Crippen LogP contribution in [0.4, 0.5) is 5.82 Å². The third kappa shape index (κ3) is 4.46. The second-order valence-corrected chi connectivity index (χ2v) is 7.31. The first-order chi connectivity index (χ1) is 13.7. The number of hydrogen-bond donors (Lipinski definition) is 1. The molecule has 6 heteroatoms. The van der Waals surface area contributed by atoms with Gasteiger partial charge in [0.1, 0.15) is 17.9 Å². The highest BCUT2D eigenvalue weighted by atomic mass is 79.9. The van der Waals surface area contributed by atoms with Crippen LogP contribution >= 0.6 is 15.9 Å². The summed E-state index contributed by atoms with van der Waals surface area (Å²) in [7, 11) is 0. The number of aryl methyl sites for hydroxylation is 1. The molecule has 0 saturated heterocycles. The molecular formula is C22H19BrN4O. The zero-order chi connectivity index (χ0) is 19.3. The molecule has 2 heterocycles. The molecule has 0 bridgehead atoms. The van der Waals surface area contributed by atoms with E-state index >= 15 is 0 Å². The van der Waals surface area contributed by atoms with E-state index in [0.29, 0.717) is 36.2 Å². The Kier molecular flexibility index (Phi) is 5.48. The SMILES string of the molecule is Cc1nc(NCc2cccc(Br)c2)c2nc(OCc3ccccc3)ccc2n1. The fourth-order valence-electron chi connectivity index (χ4n) is 2.88. The van der Waals surface area contributed by atoms with Gasteiger partial charge in [-0.25, -0.2) is 15.0 Å². The van der Waals surface area contributed by atoms with Gasteiger partial charge in [-0.1, -0.05) is 58.4 Å². The zero-order valence-electron chi connectivity index (χ0n) is 15.4. The van der Waals surface area contributed by atoms with Crippen LogP contribution in [0.15, 0.2) is 71.2 Å². The predicted octanol–water partition coefficient (Wildman–Crippen LogP) is 5.29. The van der Waals surface area contributed by atoms with Gasteiger partial charge in [0, 0.05) is 17.1 Å². The summed E-state index contributed by atoms with van der Waals surface area (Å²) < 4.78 is 6.91. The number of anilines is 1. The summed E-state index contributed by atoms with van der Waals surface area (Å²) in [6, 6.07) is 21.9. The maximum absolute atomic E-state index is 5.86. The number of fused-ring (bicyclic) bond motifs is 1. The van der Waals surface area contributed by atoms with E-state index in [-0.39, 0.29) is 0 Å². The molecule has 5 nitrogen and oxygen atoms in total. The lowest BCUT2D eigenvalue weighted by Gasteiger charge is -2.11. The maximum atomic E-state index is 5.86. The minimum Gasteiger partial charge on any atom is -0.473 e. The summed E-state index contributed by atoms with van der Waals surface area (Å²) in [4.78, 5) is 13.7. The molecule has 140 valence electrons. The maximum Gasteiger partial charge on any atom is 0.214 e. The van der Waals surface area contributed by atoms with E-state index in [9.17, 15) is 0 Å². The van der Waals surface area contributed by atoms with Crippen molar-refractivity contribution < 1.29 is 4.74 Å². The van der Waals surface area contributed by atoms with Gasteiger partial charge in [0.15, 0.2) is 5.82 Å². The van der Waals surface area contributed by atoms with E-state index in [1.54, 1.807) is 0 Å². The Morgan fingerprint density at radius 1 is 0.893 bits per heavy atom. The first kappa shape index (κ1) is 18.4. The lowest BCUT2D eigenvalue weighted by Crippen LogP contribution is -2.06. The summed E-state index contributed by atoms with van der Waals surface area (Å²) in [6.45, 7) is 2.98. The molecule has 4 rings (SSSR count). The molecule has 1 N–H and O–H groups in total. The normalized spacial score (nSPS) is 10.8. The Morgan fingerprint density at radius 3 is 2.54 bits per heavy atom. The van der Waals surface area contributed by atoms with Crippen molar-refractivity contribution in [1.82, 2.24) is 15.0 Å². The second-order valence-electron chi connectivity index (χ2n) is 6.39.